The van der Waals surface area contributed by atoms with Crippen molar-refractivity contribution in [2.75, 3.05) is 6.54 Å². The van der Waals surface area contributed by atoms with Gasteiger partial charge in [0.1, 0.15) is 0 Å². The molecule has 0 aliphatic rings. The molecule has 0 aliphatic heterocycles. The van der Waals surface area contributed by atoms with Crippen LogP contribution in [0, 0.1) is 9.85 Å². The Kier molecular flexibility index (Phi) is 11.4. The topological polar surface area (TPSA) is 20.3 Å². The summed E-state index contributed by atoms with van der Waals surface area (Å²) in [7, 11) is 0. The Labute approximate surface area is 162 Å². The van der Waals surface area contributed by atoms with Crippen molar-refractivity contribution in [2.45, 2.75) is 58.4 Å². The molecule has 1 rings (SSSR count). The molecular formula is C19H25BrINO. The number of benzene rings is 1. The summed E-state index contributed by atoms with van der Waals surface area (Å²) in [5, 5.41) is 0. The summed E-state index contributed by atoms with van der Waals surface area (Å²) in [5.74, 6) is 2.58. The van der Waals surface area contributed by atoms with Gasteiger partial charge in [0.05, 0.1) is 0 Å². The van der Waals surface area contributed by atoms with Gasteiger partial charge in [0.25, 0.3) is 5.91 Å². The van der Waals surface area contributed by atoms with Gasteiger partial charge < -0.3 is 4.90 Å². The highest BCUT2D eigenvalue weighted by molar-refractivity contribution is 14.1. The first-order valence-electron chi connectivity index (χ1n) is 8.32. The normalized spacial score (nSPS) is 10.0. The summed E-state index contributed by atoms with van der Waals surface area (Å²) >= 11 is 5.40. The average Bonchev–Trinajstić information content (AvgIpc) is 2.53. The van der Waals surface area contributed by atoms with E-state index in [-0.39, 0.29) is 5.91 Å². The van der Waals surface area contributed by atoms with Gasteiger partial charge in [0.2, 0.25) is 0 Å². The van der Waals surface area contributed by atoms with E-state index in [9.17, 15) is 4.79 Å². The van der Waals surface area contributed by atoms with Crippen LogP contribution in [0.3, 0.4) is 0 Å². The molecule has 0 aliphatic carbocycles. The SMILES string of the molecule is CCCCCCCCCN(Cc1cccc(Br)c1)C(=O)C#CI. The minimum absolute atomic E-state index is 0.0784. The molecule has 126 valence electrons. The molecular weight excluding hydrogens is 465 g/mol. The van der Waals surface area contributed by atoms with Crippen molar-refractivity contribution in [1.82, 2.24) is 4.90 Å². The predicted octanol–water partition coefficient (Wildman–Crippen LogP) is 5.92. The van der Waals surface area contributed by atoms with E-state index in [1.807, 2.05) is 45.7 Å². The fraction of sp³-hybridized carbons (Fsp3) is 0.526. The van der Waals surface area contributed by atoms with Crippen LogP contribution >= 0.6 is 38.5 Å². The molecule has 0 spiro atoms. The van der Waals surface area contributed by atoms with E-state index in [4.69, 9.17) is 0 Å². The van der Waals surface area contributed by atoms with Crippen molar-refractivity contribution in [3.05, 3.63) is 34.3 Å². The lowest BCUT2D eigenvalue weighted by atomic mass is 10.1. The van der Waals surface area contributed by atoms with Crippen molar-refractivity contribution >= 4 is 44.4 Å². The van der Waals surface area contributed by atoms with Gasteiger partial charge in [-0.1, -0.05) is 73.5 Å². The second-order valence-corrected chi connectivity index (χ2v) is 7.15. The number of halogens is 2. The largest absolute Gasteiger partial charge is 0.328 e. The highest BCUT2D eigenvalue weighted by atomic mass is 127. The van der Waals surface area contributed by atoms with Crippen LogP contribution in [0.5, 0.6) is 0 Å². The Bertz CT molecular complexity index is 536. The first-order valence-corrected chi connectivity index (χ1v) is 10.2. The summed E-state index contributed by atoms with van der Waals surface area (Å²) in [5.41, 5.74) is 1.13. The zero-order valence-corrected chi connectivity index (χ0v) is 17.5. The molecule has 0 saturated heterocycles. The summed E-state index contributed by atoms with van der Waals surface area (Å²) in [6.07, 6.45) is 8.75. The molecule has 0 N–H and O–H groups in total. The lowest BCUT2D eigenvalue weighted by molar-refractivity contribution is -0.125. The number of hydrogen-bond donors (Lipinski definition) is 0. The molecule has 4 heteroatoms. The van der Waals surface area contributed by atoms with E-state index in [0.717, 1.165) is 23.0 Å². The van der Waals surface area contributed by atoms with E-state index in [2.05, 4.69) is 38.8 Å². The smallest absolute Gasteiger partial charge is 0.299 e. The van der Waals surface area contributed by atoms with Crippen LogP contribution in [0.1, 0.15) is 57.4 Å². The van der Waals surface area contributed by atoms with Crippen LogP contribution in [0.4, 0.5) is 0 Å². The Balaban J connectivity index is 2.46. The Morgan fingerprint density at radius 3 is 2.52 bits per heavy atom. The Morgan fingerprint density at radius 2 is 1.87 bits per heavy atom. The monoisotopic (exact) mass is 489 g/mol. The third-order valence-corrected chi connectivity index (χ3v) is 4.50. The molecule has 0 aromatic heterocycles. The van der Waals surface area contributed by atoms with Crippen LogP contribution in [0.2, 0.25) is 0 Å². The fourth-order valence-corrected chi connectivity index (χ4v) is 3.16. The maximum absolute atomic E-state index is 12.2. The number of carbonyl (C=O) groups excluding carboxylic acids is 1. The summed E-state index contributed by atoms with van der Waals surface area (Å²) < 4.78 is 3.73. The summed E-state index contributed by atoms with van der Waals surface area (Å²) in [6.45, 7) is 3.64. The highest BCUT2D eigenvalue weighted by Gasteiger charge is 2.11. The lowest BCUT2D eigenvalue weighted by Crippen LogP contribution is -2.30. The highest BCUT2D eigenvalue weighted by Crippen LogP contribution is 2.14. The van der Waals surface area contributed by atoms with Gasteiger partial charge in [0.15, 0.2) is 0 Å². The molecule has 0 saturated carbocycles. The first kappa shape index (κ1) is 20.5. The number of hydrogen-bond acceptors (Lipinski definition) is 1. The molecule has 0 fully saturated rings. The number of amides is 1. The van der Waals surface area contributed by atoms with Gasteiger partial charge in [-0.15, -0.1) is 0 Å². The van der Waals surface area contributed by atoms with Gasteiger partial charge >= 0.3 is 0 Å². The average molecular weight is 490 g/mol. The minimum atomic E-state index is -0.0784. The number of unbranched alkanes of at least 4 members (excludes halogenated alkanes) is 6. The van der Waals surface area contributed by atoms with Crippen LogP contribution in [0.15, 0.2) is 28.7 Å². The van der Waals surface area contributed by atoms with Crippen LogP contribution in [0.25, 0.3) is 0 Å². The Hall–Kier alpha value is -0.540. The van der Waals surface area contributed by atoms with Gasteiger partial charge in [-0.25, -0.2) is 0 Å². The third kappa shape index (κ3) is 9.36. The molecule has 0 unspecified atom stereocenters. The van der Waals surface area contributed by atoms with Gasteiger partial charge in [0, 0.05) is 46.1 Å². The maximum Gasteiger partial charge on any atom is 0.299 e. The van der Waals surface area contributed by atoms with E-state index >= 15 is 0 Å². The lowest BCUT2D eigenvalue weighted by Gasteiger charge is -2.20. The zero-order valence-electron chi connectivity index (χ0n) is 13.8. The number of rotatable bonds is 10. The van der Waals surface area contributed by atoms with E-state index in [0.29, 0.717) is 6.54 Å². The minimum Gasteiger partial charge on any atom is -0.328 e. The number of nitrogens with zero attached hydrogens (tertiary/aromatic N) is 1. The molecule has 2 nitrogen and oxygen atoms in total. The molecule has 0 atom stereocenters. The molecule has 0 radical (unpaired) electrons. The molecule has 0 heterocycles. The van der Waals surface area contributed by atoms with E-state index in [1.165, 1.54) is 38.5 Å². The van der Waals surface area contributed by atoms with Crippen molar-refractivity contribution < 1.29 is 4.79 Å². The second-order valence-electron chi connectivity index (χ2n) is 5.70. The predicted molar refractivity (Wildman–Crippen MR) is 109 cm³/mol. The third-order valence-electron chi connectivity index (χ3n) is 3.74. The van der Waals surface area contributed by atoms with Crippen LogP contribution in [-0.2, 0) is 11.3 Å². The van der Waals surface area contributed by atoms with E-state index in [1.54, 1.807) is 0 Å². The van der Waals surface area contributed by atoms with Gasteiger partial charge in [-0.3, -0.25) is 4.79 Å². The van der Waals surface area contributed by atoms with Crippen molar-refractivity contribution in [3.63, 3.8) is 0 Å². The molecule has 1 amide bonds. The zero-order chi connectivity index (χ0) is 16.9. The maximum atomic E-state index is 12.2. The van der Waals surface area contributed by atoms with Gasteiger partial charge in [-0.05, 0) is 28.0 Å². The quantitative estimate of drug-likeness (QED) is 0.227. The van der Waals surface area contributed by atoms with Gasteiger partial charge in [-0.2, -0.15) is 0 Å². The van der Waals surface area contributed by atoms with Crippen molar-refractivity contribution in [1.29, 1.82) is 0 Å². The summed E-state index contributed by atoms with van der Waals surface area (Å²) in [6, 6.07) is 8.10. The van der Waals surface area contributed by atoms with Crippen LogP contribution in [-0.4, -0.2) is 17.4 Å². The molecule has 0 bridgehead atoms. The molecule has 23 heavy (non-hydrogen) atoms. The van der Waals surface area contributed by atoms with E-state index < -0.39 is 0 Å². The van der Waals surface area contributed by atoms with Crippen molar-refractivity contribution in [2.24, 2.45) is 0 Å². The Morgan fingerprint density at radius 1 is 1.17 bits per heavy atom. The first-order chi connectivity index (χ1) is 11.2. The molecule has 1 aromatic carbocycles. The standard InChI is InChI=1S/C19H25BrINO/c1-2-3-4-5-6-7-8-14-22(19(23)12-13-21)16-17-10-9-11-18(20)15-17/h9-11,15H,2-8,14,16H2,1H3. The van der Waals surface area contributed by atoms with Crippen molar-refractivity contribution in [3.8, 4) is 9.85 Å². The summed E-state index contributed by atoms with van der Waals surface area (Å²) in [4.78, 5) is 14.0. The second kappa shape index (κ2) is 12.8. The molecule has 1 aromatic rings. The number of carbonyl (C=O) groups is 1. The fourth-order valence-electron chi connectivity index (χ4n) is 2.49. The van der Waals surface area contributed by atoms with Crippen LogP contribution < -0.4 is 0 Å².